The number of hydrogen-bond acceptors (Lipinski definition) is 2. The molecular formula is C15H17BrF3N3O2. The SMILES string of the molecule is Cc1cc(Br)ccc1NC(=O)N1CCCC1C(=O)NCC(F)(F)F. The van der Waals surface area contributed by atoms with Gasteiger partial charge in [0, 0.05) is 16.7 Å². The van der Waals surface area contributed by atoms with E-state index in [0.29, 0.717) is 25.1 Å². The van der Waals surface area contributed by atoms with Gasteiger partial charge in [0.25, 0.3) is 0 Å². The van der Waals surface area contributed by atoms with Crippen LogP contribution in [0.2, 0.25) is 0 Å². The number of halogens is 4. The molecule has 1 aliphatic heterocycles. The molecule has 1 fully saturated rings. The number of hydrogen-bond donors (Lipinski definition) is 2. The molecule has 1 atom stereocenters. The molecule has 0 radical (unpaired) electrons. The van der Waals surface area contributed by atoms with Crippen LogP contribution in [-0.4, -0.2) is 42.1 Å². The first-order valence-corrected chi connectivity index (χ1v) is 8.15. The summed E-state index contributed by atoms with van der Waals surface area (Å²) in [5.74, 6) is -0.785. The summed E-state index contributed by atoms with van der Waals surface area (Å²) < 4.78 is 37.5. The van der Waals surface area contributed by atoms with E-state index in [1.807, 2.05) is 18.3 Å². The van der Waals surface area contributed by atoms with Crippen molar-refractivity contribution in [3.63, 3.8) is 0 Å². The number of carbonyl (C=O) groups excluding carboxylic acids is 2. The van der Waals surface area contributed by atoms with Crippen LogP contribution in [0.4, 0.5) is 23.7 Å². The van der Waals surface area contributed by atoms with Gasteiger partial charge in [0.15, 0.2) is 0 Å². The van der Waals surface area contributed by atoms with Gasteiger partial charge in [-0.15, -0.1) is 0 Å². The molecule has 3 amide bonds. The van der Waals surface area contributed by atoms with Crippen molar-refractivity contribution in [3.05, 3.63) is 28.2 Å². The van der Waals surface area contributed by atoms with E-state index in [4.69, 9.17) is 0 Å². The summed E-state index contributed by atoms with van der Waals surface area (Å²) in [6, 6.07) is 3.92. The maximum atomic E-state index is 12.4. The van der Waals surface area contributed by atoms with Crippen LogP contribution in [0.5, 0.6) is 0 Å². The van der Waals surface area contributed by atoms with Crippen molar-refractivity contribution in [1.29, 1.82) is 0 Å². The van der Waals surface area contributed by atoms with Gasteiger partial charge >= 0.3 is 12.2 Å². The average molecular weight is 408 g/mol. The fourth-order valence-corrected chi connectivity index (χ4v) is 3.02. The first kappa shape index (κ1) is 18.6. The molecule has 0 saturated carbocycles. The van der Waals surface area contributed by atoms with Gasteiger partial charge in [-0.2, -0.15) is 13.2 Å². The van der Waals surface area contributed by atoms with Crippen LogP contribution in [0.3, 0.4) is 0 Å². The third-order valence-corrected chi connectivity index (χ3v) is 4.20. The summed E-state index contributed by atoms with van der Waals surface area (Å²) in [5, 5.41) is 4.54. The van der Waals surface area contributed by atoms with E-state index in [9.17, 15) is 22.8 Å². The molecule has 0 aromatic heterocycles. The molecule has 5 nitrogen and oxygen atoms in total. The lowest BCUT2D eigenvalue weighted by Crippen LogP contribution is -2.49. The minimum atomic E-state index is -4.48. The molecule has 1 aromatic rings. The van der Waals surface area contributed by atoms with Gasteiger partial charge in [-0.25, -0.2) is 4.79 Å². The van der Waals surface area contributed by atoms with E-state index in [1.54, 1.807) is 12.1 Å². The summed E-state index contributed by atoms with van der Waals surface area (Å²) in [6.07, 6.45) is -3.57. The van der Waals surface area contributed by atoms with Crippen LogP contribution in [0.25, 0.3) is 0 Å². The highest BCUT2D eigenvalue weighted by atomic mass is 79.9. The van der Waals surface area contributed by atoms with Crippen molar-refractivity contribution < 1.29 is 22.8 Å². The topological polar surface area (TPSA) is 61.4 Å². The van der Waals surface area contributed by atoms with Crippen molar-refractivity contribution >= 4 is 33.6 Å². The number of nitrogens with one attached hydrogen (secondary N) is 2. The van der Waals surface area contributed by atoms with Crippen LogP contribution in [0.1, 0.15) is 18.4 Å². The number of nitrogens with zero attached hydrogens (tertiary/aromatic N) is 1. The minimum Gasteiger partial charge on any atom is -0.345 e. The predicted octanol–water partition coefficient (Wildman–Crippen LogP) is 3.43. The zero-order chi connectivity index (χ0) is 17.9. The number of anilines is 1. The summed E-state index contributed by atoms with van der Waals surface area (Å²) in [4.78, 5) is 25.6. The molecule has 2 N–H and O–H groups in total. The Morgan fingerprint density at radius 2 is 2.08 bits per heavy atom. The summed E-state index contributed by atoms with van der Waals surface area (Å²) in [5.41, 5.74) is 1.42. The van der Waals surface area contributed by atoms with Crippen molar-refractivity contribution in [2.75, 3.05) is 18.4 Å². The number of benzene rings is 1. The quantitative estimate of drug-likeness (QED) is 0.805. The molecule has 1 aliphatic rings. The zero-order valence-electron chi connectivity index (χ0n) is 12.9. The Hall–Kier alpha value is -1.77. The van der Waals surface area contributed by atoms with Gasteiger partial charge in [-0.1, -0.05) is 15.9 Å². The second-order valence-corrected chi connectivity index (χ2v) is 6.49. The van der Waals surface area contributed by atoms with Crippen LogP contribution >= 0.6 is 15.9 Å². The lowest BCUT2D eigenvalue weighted by Gasteiger charge is -2.25. The fraction of sp³-hybridized carbons (Fsp3) is 0.467. The second-order valence-electron chi connectivity index (χ2n) is 5.57. The first-order chi connectivity index (χ1) is 11.2. The molecular weight excluding hydrogens is 391 g/mol. The van der Waals surface area contributed by atoms with Crippen molar-refractivity contribution in [3.8, 4) is 0 Å². The van der Waals surface area contributed by atoms with E-state index in [1.165, 1.54) is 4.90 Å². The van der Waals surface area contributed by atoms with Crippen LogP contribution < -0.4 is 10.6 Å². The molecule has 132 valence electrons. The number of alkyl halides is 3. The van der Waals surface area contributed by atoms with Crippen LogP contribution in [0.15, 0.2) is 22.7 Å². The van der Waals surface area contributed by atoms with Crippen LogP contribution in [0, 0.1) is 6.92 Å². The fourth-order valence-electron chi connectivity index (χ4n) is 2.54. The van der Waals surface area contributed by atoms with Gasteiger partial charge in [0.05, 0.1) is 0 Å². The second kappa shape index (κ2) is 7.42. The number of likely N-dealkylation sites (tertiary alicyclic amines) is 1. The Morgan fingerprint density at radius 3 is 2.71 bits per heavy atom. The largest absolute Gasteiger partial charge is 0.405 e. The number of rotatable bonds is 3. The predicted molar refractivity (Wildman–Crippen MR) is 86.7 cm³/mol. The highest BCUT2D eigenvalue weighted by Gasteiger charge is 2.36. The van der Waals surface area contributed by atoms with Crippen molar-refractivity contribution in [2.45, 2.75) is 32.0 Å². The molecule has 1 aromatic carbocycles. The Morgan fingerprint density at radius 1 is 1.38 bits per heavy atom. The molecule has 1 unspecified atom stereocenters. The Bertz CT molecular complexity index is 637. The van der Waals surface area contributed by atoms with Gasteiger partial charge in [-0.3, -0.25) is 4.79 Å². The van der Waals surface area contributed by atoms with Crippen LogP contribution in [-0.2, 0) is 4.79 Å². The number of carbonyl (C=O) groups is 2. The van der Waals surface area contributed by atoms with Crippen molar-refractivity contribution in [2.24, 2.45) is 0 Å². The maximum Gasteiger partial charge on any atom is 0.405 e. The highest BCUT2D eigenvalue weighted by Crippen LogP contribution is 2.23. The Labute approximate surface area is 145 Å². The molecule has 1 saturated heterocycles. The normalized spacial score (nSPS) is 17.7. The summed E-state index contributed by atoms with van der Waals surface area (Å²) in [6.45, 7) is 0.743. The Balaban J connectivity index is 2.01. The van der Waals surface area contributed by atoms with E-state index < -0.39 is 30.7 Å². The first-order valence-electron chi connectivity index (χ1n) is 7.35. The van der Waals surface area contributed by atoms with Gasteiger partial charge in [-0.05, 0) is 43.5 Å². The molecule has 0 spiro atoms. The third-order valence-electron chi connectivity index (χ3n) is 3.71. The van der Waals surface area contributed by atoms with E-state index >= 15 is 0 Å². The van der Waals surface area contributed by atoms with Gasteiger partial charge < -0.3 is 15.5 Å². The van der Waals surface area contributed by atoms with Gasteiger partial charge in [0.2, 0.25) is 5.91 Å². The molecule has 0 aliphatic carbocycles. The van der Waals surface area contributed by atoms with E-state index in [2.05, 4.69) is 21.2 Å². The number of urea groups is 1. The lowest BCUT2D eigenvalue weighted by atomic mass is 10.2. The molecule has 24 heavy (non-hydrogen) atoms. The molecule has 9 heteroatoms. The van der Waals surface area contributed by atoms with E-state index in [-0.39, 0.29) is 0 Å². The lowest BCUT2D eigenvalue weighted by molar-refractivity contribution is -0.140. The molecule has 1 heterocycles. The molecule has 0 bridgehead atoms. The maximum absolute atomic E-state index is 12.4. The zero-order valence-corrected chi connectivity index (χ0v) is 14.5. The smallest absolute Gasteiger partial charge is 0.345 e. The summed E-state index contributed by atoms with van der Waals surface area (Å²) in [7, 11) is 0. The standard InChI is InChI=1S/C15H17BrF3N3O2/c1-9-7-10(16)4-5-11(9)21-14(24)22-6-2-3-12(22)13(23)20-8-15(17,18)19/h4-5,7,12H,2-3,6,8H2,1H3,(H,20,23)(H,21,24). The Kier molecular flexibility index (Phi) is 5.74. The number of amides is 3. The third kappa shape index (κ3) is 4.86. The van der Waals surface area contributed by atoms with Crippen molar-refractivity contribution in [1.82, 2.24) is 10.2 Å². The summed E-state index contributed by atoms with van der Waals surface area (Å²) >= 11 is 3.32. The van der Waals surface area contributed by atoms with E-state index in [0.717, 1.165) is 10.0 Å². The molecule has 2 rings (SSSR count). The minimum absolute atomic E-state index is 0.325. The average Bonchev–Trinajstić information content (AvgIpc) is 2.96. The monoisotopic (exact) mass is 407 g/mol. The highest BCUT2D eigenvalue weighted by molar-refractivity contribution is 9.10. The van der Waals surface area contributed by atoms with Gasteiger partial charge in [0.1, 0.15) is 12.6 Å². The number of aryl methyl sites for hydroxylation is 1.